The first-order valence-electron chi connectivity index (χ1n) is 2.41. The fourth-order valence-corrected chi connectivity index (χ4v) is 0.354. The fourth-order valence-electron chi connectivity index (χ4n) is 0.354. The van der Waals surface area contributed by atoms with Gasteiger partial charge in [-0.1, -0.05) is 77.7 Å². The minimum atomic E-state index is 0. The number of hydrogen-bond acceptors (Lipinski definition) is 0. The van der Waals surface area contributed by atoms with Gasteiger partial charge in [-0.2, -0.15) is 0 Å². The summed E-state index contributed by atoms with van der Waals surface area (Å²) in [5.74, 6) is 0. The molecule has 0 aliphatic heterocycles. The van der Waals surface area contributed by atoms with Crippen molar-refractivity contribution in [2.24, 2.45) is 0 Å². The lowest BCUT2D eigenvalue weighted by Crippen LogP contribution is -1.59. The van der Waals surface area contributed by atoms with Gasteiger partial charge >= 0.3 is 0 Å². The summed E-state index contributed by atoms with van der Waals surface area (Å²) in [6.45, 7) is 4.42. The minimum absolute atomic E-state index is 0. The minimum Gasteiger partial charge on any atom is -0.0776 e. The molecule has 0 N–H and O–H groups in total. The Bertz CT molecular complexity index is 18.0. The van der Waals surface area contributed by atoms with Gasteiger partial charge in [0.05, 0.1) is 0 Å². The van der Waals surface area contributed by atoms with Crippen molar-refractivity contribution in [1.82, 2.24) is 0 Å². The second-order valence-electron chi connectivity index (χ2n) is 1.35. The largest absolute Gasteiger partial charge is 0.0776 e. The summed E-state index contributed by atoms with van der Waals surface area (Å²) in [7, 11) is 0. The lowest BCUT2D eigenvalue weighted by molar-refractivity contribution is 0.772. The lowest BCUT2D eigenvalue weighted by Gasteiger charge is -1.79. The first-order valence-corrected chi connectivity index (χ1v) is 2.41. The smallest absolute Gasteiger partial charge is 0 e. The van der Waals surface area contributed by atoms with Crippen LogP contribution in [0.5, 0.6) is 0 Å². The van der Waals surface area contributed by atoms with Crippen LogP contribution < -0.4 is 0 Å². The quantitative estimate of drug-likeness (QED) is 0.434. The molecule has 0 amide bonds. The maximum absolute atomic E-state index is 2.21. The van der Waals surface area contributed by atoms with E-state index in [0.717, 1.165) is 0 Å². The van der Waals surface area contributed by atoms with E-state index in [9.17, 15) is 0 Å². The zero-order valence-electron chi connectivity index (χ0n) is 4.12. The monoisotopic (exact) mass is 174 g/mol. The number of unbranched alkanes of at least 4 members (excludes halogenated alkanes) is 2. The summed E-state index contributed by atoms with van der Waals surface area (Å²) in [5, 5.41) is 0. The summed E-state index contributed by atoms with van der Waals surface area (Å²) in [4.78, 5) is 0. The molecule has 0 aliphatic carbocycles. The Morgan fingerprint density at radius 1 is 0.636 bits per heavy atom. The molecular formula is C11H42. The molecule has 0 saturated heterocycles. The summed E-state index contributed by atoms with van der Waals surface area (Å²) in [5.41, 5.74) is 0. The van der Waals surface area contributed by atoms with Gasteiger partial charge in [0.1, 0.15) is 0 Å². The molecule has 0 bridgehead atoms. The van der Waals surface area contributed by atoms with Crippen LogP contribution >= 0.6 is 0 Å². The van der Waals surface area contributed by atoms with E-state index in [1.54, 1.807) is 0 Å². The van der Waals surface area contributed by atoms with Crippen molar-refractivity contribution >= 4 is 0 Å². The van der Waals surface area contributed by atoms with E-state index < -0.39 is 0 Å². The molecule has 0 aromatic heterocycles. The van der Waals surface area contributed by atoms with Crippen LogP contribution in [0.25, 0.3) is 0 Å². The van der Waals surface area contributed by atoms with Crippen LogP contribution in [-0.4, -0.2) is 0 Å². The van der Waals surface area contributed by atoms with Crippen molar-refractivity contribution in [3.05, 3.63) is 0 Å². The van der Waals surface area contributed by atoms with Gasteiger partial charge < -0.3 is 0 Å². The van der Waals surface area contributed by atoms with Gasteiger partial charge in [-0.3, -0.25) is 0 Å². The van der Waals surface area contributed by atoms with Crippen LogP contribution in [0.3, 0.4) is 0 Å². The molecule has 0 saturated carbocycles. The Hall–Kier alpha value is 0. The average Bonchev–Trinajstić information content (AvgIpc) is 1.41. The highest BCUT2D eigenvalue weighted by Gasteiger charge is 1.68. The van der Waals surface area contributed by atoms with Crippen molar-refractivity contribution in [2.45, 2.75) is 77.7 Å². The average molecular weight is 174 g/mol. The Balaban J connectivity index is -0.00000000222. The number of hydrogen-bond donors (Lipinski definition) is 0. The van der Waals surface area contributed by atoms with E-state index in [2.05, 4.69) is 13.8 Å². The highest BCUT2D eigenvalue weighted by molar-refractivity contribution is 4.24. The van der Waals surface area contributed by atoms with Crippen LogP contribution in [0.15, 0.2) is 0 Å². The van der Waals surface area contributed by atoms with Gasteiger partial charge in [0.15, 0.2) is 0 Å². The van der Waals surface area contributed by atoms with Gasteiger partial charge in [-0.25, -0.2) is 0 Å². The molecule has 0 radical (unpaired) electrons. The zero-order valence-corrected chi connectivity index (χ0v) is 4.12. The van der Waals surface area contributed by atoms with Gasteiger partial charge in [-0.05, 0) is 0 Å². The topological polar surface area (TPSA) is 0 Å². The first-order chi connectivity index (χ1) is 2.41. The maximum atomic E-state index is 2.21. The molecule has 0 rings (SSSR count). The predicted molar refractivity (Wildman–Crippen MR) is 71.9 cm³/mol. The van der Waals surface area contributed by atoms with Crippen LogP contribution in [0.2, 0.25) is 0 Å². The van der Waals surface area contributed by atoms with E-state index in [0.29, 0.717) is 0 Å². The molecule has 0 aromatic carbocycles. The molecular weight excluding hydrogens is 132 g/mol. The first kappa shape index (κ1) is 68.8. The Morgan fingerprint density at radius 3 is 0.818 bits per heavy atom. The van der Waals surface area contributed by atoms with Gasteiger partial charge in [-0.15, -0.1) is 0 Å². The SMILES string of the molecule is C.C.C.C.C.C.CCCCC.[HH].[HH].[HH]. The zero-order chi connectivity index (χ0) is 4.12. The molecule has 0 unspecified atom stereocenters. The maximum Gasteiger partial charge on any atom is 0 e. The van der Waals surface area contributed by atoms with Crippen molar-refractivity contribution in [1.29, 1.82) is 0 Å². The summed E-state index contributed by atoms with van der Waals surface area (Å²) in [6.07, 6.45) is 4.08. The van der Waals surface area contributed by atoms with E-state index in [1.165, 1.54) is 19.3 Å². The van der Waals surface area contributed by atoms with E-state index in [-0.39, 0.29) is 48.8 Å². The highest BCUT2D eigenvalue weighted by atomic mass is 13.7. The van der Waals surface area contributed by atoms with E-state index >= 15 is 0 Å². The molecule has 0 heterocycles. The van der Waals surface area contributed by atoms with E-state index in [4.69, 9.17) is 0 Å². The molecule has 0 heteroatoms. The van der Waals surface area contributed by atoms with Gasteiger partial charge in [0.2, 0.25) is 0 Å². The van der Waals surface area contributed by atoms with Crippen molar-refractivity contribution < 1.29 is 4.28 Å². The molecule has 0 atom stereocenters. The second-order valence-corrected chi connectivity index (χ2v) is 1.35. The van der Waals surface area contributed by atoms with E-state index in [1.807, 2.05) is 0 Å². The molecule has 0 nitrogen and oxygen atoms in total. The van der Waals surface area contributed by atoms with Crippen LogP contribution in [0.4, 0.5) is 0 Å². The summed E-state index contributed by atoms with van der Waals surface area (Å²) in [6, 6.07) is 0. The predicted octanol–water partition coefficient (Wildman–Crippen LogP) is 6.75. The van der Waals surface area contributed by atoms with Crippen molar-refractivity contribution in [2.75, 3.05) is 0 Å². The Kier molecular flexibility index (Phi) is 562. The van der Waals surface area contributed by atoms with Crippen LogP contribution in [0.1, 0.15) is 81.9 Å². The molecule has 0 aromatic rings. The molecule has 0 spiro atoms. The van der Waals surface area contributed by atoms with Crippen LogP contribution in [-0.2, 0) is 0 Å². The molecule has 86 valence electrons. The number of rotatable bonds is 2. The lowest BCUT2D eigenvalue weighted by atomic mass is 10.3. The summed E-state index contributed by atoms with van der Waals surface area (Å²) >= 11 is 0. The summed E-state index contributed by atoms with van der Waals surface area (Å²) < 4.78 is 0. The third kappa shape index (κ3) is 160. The highest BCUT2D eigenvalue weighted by Crippen LogP contribution is 1.88. The molecule has 0 aliphatic rings. The van der Waals surface area contributed by atoms with Gasteiger partial charge in [0, 0.05) is 4.28 Å². The standard InChI is InChI=1S/C5H12.6CH4.3H2/c1-3-5-4-2;;;;;;;;;/h3-5H2,1-2H3;6*1H4;3*1H. The van der Waals surface area contributed by atoms with Crippen LogP contribution in [0, 0.1) is 0 Å². The molecule has 0 fully saturated rings. The van der Waals surface area contributed by atoms with Gasteiger partial charge in [0.25, 0.3) is 0 Å². The normalized spacial score (nSPS) is 3.82. The Morgan fingerprint density at radius 2 is 0.818 bits per heavy atom. The third-order valence-corrected chi connectivity index (χ3v) is 0.707. The second kappa shape index (κ2) is 90.0. The Labute approximate surface area is 82.9 Å². The van der Waals surface area contributed by atoms with Crippen molar-refractivity contribution in [3.8, 4) is 0 Å². The van der Waals surface area contributed by atoms with Crippen molar-refractivity contribution in [3.63, 3.8) is 0 Å². The fraction of sp³-hybridized carbons (Fsp3) is 1.00. The molecule has 11 heavy (non-hydrogen) atoms. The third-order valence-electron chi connectivity index (χ3n) is 0.707.